The van der Waals surface area contributed by atoms with E-state index < -0.39 is 0 Å². The first kappa shape index (κ1) is 22.5. The number of nitrogens with zero attached hydrogens (tertiary/aromatic N) is 4. The average molecular weight is 452 g/mol. The number of methoxy groups -OCH3 is 2. The highest BCUT2D eigenvalue weighted by Gasteiger charge is 2.20. The molecule has 1 fully saturated rings. The Kier molecular flexibility index (Phi) is 8.41. The molecule has 1 N–H and O–H groups in total. The van der Waals surface area contributed by atoms with E-state index in [0.717, 1.165) is 37.7 Å². The Bertz CT molecular complexity index is 832. The summed E-state index contributed by atoms with van der Waals surface area (Å²) < 4.78 is 10.1. The standard InChI is InChI=1S/C20H26ClN5O3S/c1-28-12-7-22-19(27)14-30-20-23-17(21)13-18(24-20)26-10-8-25(9-11-26)15-3-5-16(29-2)6-4-15/h3-6,13H,7-12,14H2,1-2H3,(H,22,27). The highest BCUT2D eigenvalue weighted by atomic mass is 35.5. The molecular weight excluding hydrogens is 426 g/mol. The van der Waals surface area contributed by atoms with E-state index in [2.05, 4.69) is 37.2 Å². The number of thioether (sulfide) groups is 1. The van der Waals surface area contributed by atoms with Gasteiger partial charge in [-0.3, -0.25) is 4.79 Å². The molecule has 10 heteroatoms. The van der Waals surface area contributed by atoms with Crippen molar-refractivity contribution in [2.75, 3.05) is 69.1 Å². The third-order valence-electron chi connectivity index (χ3n) is 4.66. The van der Waals surface area contributed by atoms with Gasteiger partial charge in [-0.15, -0.1) is 0 Å². The lowest BCUT2D eigenvalue weighted by molar-refractivity contribution is -0.118. The number of anilines is 2. The molecule has 1 aromatic carbocycles. The van der Waals surface area contributed by atoms with Gasteiger partial charge in [-0.25, -0.2) is 9.97 Å². The first-order valence-electron chi connectivity index (χ1n) is 9.66. The van der Waals surface area contributed by atoms with Crippen molar-refractivity contribution in [1.82, 2.24) is 15.3 Å². The van der Waals surface area contributed by atoms with Crippen LogP contribution in [0.5, 0.6) is 5.75 Å². The summed E-state index contributed by atoms with van der Waals surface area (Å²) in [5.74, 6) is 1.78. The molecule has 1 amide bonds. The van der Waals surface area contributed by atoms with Crippen molar-refractivity contribution in [3.05, 3.63) is 35.5 Å². The van der Waals surface area contributed by atoms with Gasteiger partial charge in [0, 0.05) is 51.6 Å². The molecule has 1 aromatic heterocycles. The number of ether oxygens (including phenoxy) is 2. The summed E-state index contributed by atoms with van der Waals surface area (Å²) >= 11 is 7.48. The Hall–Kier alpha value is -2.23. The molecule has 0 saturated carbocycles. The van der Waals surface area contributed by atoms with Crippen LogP contribution in [0.4, 0.5) is 11.5 Å². The predicted octanol–water partition coefficient (Wildman–Crippen LogP) is 2.32. The van der Waals surface area contributed by atoms with Crippen LogP contribution in [0, 0.1) is 0 Å². The van der Waals surface area contributed by atoms with Gasteiger partial charge >= 0.3 is 0 Å². The van der Waals surface area contributed by atoms with Crippen LogP contribution >= 0.6 is 23.4 Å². The van der Waals surface area contributed by atoms with Crippen molar-refractivity contribution in [3.8, 4) is 5.75 Å². The maximum absolute atomic E-state index is 11.9. The van der Waals surface area contributed by atoms with Crippen LogP contribution in [-0.4, -0.2) is 75.2 Å². The Labute approximate surface area is 185 Å². The normalized spacial score (nSPS) is 14.0. The monoisotopic (exact) mass is 451 g/mol. The molecular formula is C20H26ClN5O3S. The van der Waals surface area contributed by atoms with E-state index in [4.69, 9.17) is 21.1 Å². The molecule has 0 radical (unpaired) electrons. The molecule has 2 heterocycles. The molecule has 3 rings (SSSR count). The third-order valence-corrected chi connectivity index (χ3v) is 5.70. The van der Waals surface area contributed by atoms with E-state index in [1.807, 2.05) is 12.1 Å². The average Bonchev–Trinajstić information content (AvgIpc) is 2.78. The van der Waals surface area contributed by atoms with E-state index in [9.17, 15) is 4.79 Å². The van der Waals surface area contributed by atoms with E-state index in [0.29, 0.717) is 23.5 Å². The van der Waals surface area contributed by atoms with Crippen molar-refractivity contribution in [2.24, 2.45) is 0 Å². The molecule has 0 spiro atoms. The molecule has 1 aliphatic heterocycles. The number of halogens is 1. The van der Waals surface area contributed by atoms with Gasteiger partial charge < -0.3 is 24.6 Å². The molecule has 162 valence electrons. The second kappa shape index (κ2) is 11.2. The van der Waals surface area contributed by atoms with Crippen LogP contribution in [-0.2, 0) is 9.53 Å². The number of nitrogens with one attached hydrogen (secondary N) is 1. The van der Waals surface area contributed by atoms with Gasteiger partial charge in [0.25, 0.3) is 0 Å². The number of hydrogen-bond acceptors (Lipinski definition) is 8. The van der Waals surface area contributed by atoms with Crippen LogP contribution in [0.1, 0.15) is 0 Å². The Morgan fingerprint density at radius 3 is 2.50 bits per heavy atom. The zero-order valence-electron chi connectivity index (χ0n) is 17.1. The van der Waals surface area contributed by atoms with Gasteiger partial charge in [-0.1, -0.05) is 23.4 Å². The minimum atomic E-state index is -0.0877. The summed E-state index contributed by atoms with van der Waals surface area (Å²) in [7, 11) is 3.26. The summed E-state index contributed by atoms with van der Waals surface area (Å²) in [5.41, 5.74) is 1.17. The van der Waals surface area contributed by atoms with Gasteiger partial charge in [0.15, 0.2) is 5.16 Å². The van der Waals surface area contributed by atoms with Crippen molar-refractivity contribution in [3.63, 3.8) is 0 Å². The van der Waals surface area contributed by atoms with Crippen molar-refractivity contribution in [1.29, 1.82) is 0 Å². The highest BCUT2D eigenvalue weighted by molar-refractivity contribution is 7.99. The lowest BCUT2D eigenvalue weighted by Crippen LogP contribution is -2.46. The SMILES string of the molecule is COCCNC(=O)CSc1nc(Cl)cc(N2CCN(c3ccc(OC)cc3)CC2)n1. The van der Waals surface area contributed by atoms with Crippen molar-refractivity contribution >= 4 is 40.8 Å². The first-order valence-corrected chi connectivity index (χ1v) is 11.0. The molecule has 0 unspecified atom stereocenters. The smallest absolute Gasteiger partial charge is 0.230 e. The maximum Gasteiger partial charge on any atom is 0.230 e. The van der Waals surface area contributed by atoms with E-state index >= 15 is 0 Å². The second-order valence-electron chi connectivity index (χ2n) is 6.63. The second-order valence-corrected chi connectivity index (χ2v) is 7.96. The van der Waals surface area contributed by atoms with Crippen LogP contribution in [0.25, 0.3) is 0 Å². The van der Waals surface area contributed by atoms with Crippen LogP contribution in [0.3, 0.4) is 0 Å². The molecule has 2 aromatic rings. The first-order chi connectivity index (χ1) is 14.6. The summed E-state index contributed by atoms with van der Waals surface area (Å²) in [6.45, 7) is 4.35. The van der Waals surface area contributed by atoms with Gasteiger partial charge in [-0.05, 0) is 24.3 Å². The predicted molar refractivity (Wildman–Crippen MR) is 120 cm³/mol. The molecule has 0 atom stereocenters. The lowest BCUT2D eigenvalue weighted by Gasteiger charge is -2.36. The lowest BCUT2D eigenvalue weighted by atomic mass is 10.2. The van der Waals surface area contributed by atoms with Gasteiger partial charge in [-0.2, -0.15) is 0 Å². The number of benzene rings is 1. The number of rotatable bonds is 9. The Balaban J connectivity index is 1.55. The Morgan fingerprint density at radius 2 is 1.83 bits per heavy atom. The fourth-order valence-corrected chi connectivity index (χ4v) is 3.98. The Morgan fingerprint density at radius 1 is 1.13 bits per heavy atom. The van der Waals surface area contributed by atoms with Crippen molar-refractivity contribution < 1.29 is 14.3 Å². The van der Waals surface area contributed by atoms with Gasteiger partial charge in [0.1, 0.15) is 16.7 Å². The largest absolute Gasteiger partial charge is 0.497 e. The van der Waals surface area contributed by atoms with Crippen molar-refractivity contribution in [2.45, 2.75) is 5.16 Å². The van der Waals surface area contributed by atoms with Crippen LogP contribution < -0.4 is 19.9 Å². The van der Waals surface area contributed by atoms with Crippen LogP contribution in [0.2, 0.25) is 5.15 Å². The number of carbonyl (C=O) groups excluding carboxylic acids is 1. The zero-order chi connectivity index (χ0) is 21.3. The minimum absolute atomic E-state index is 0.0877. The summed E-state index contributed by atoms with van der Waals surface area (Å²) in [6.07, 6.45) is 0. The summed E-state index contributed by atoms with van der Waals surface area (Å²) in [6, 6.07) is 9.86. The molecule has 1 saturated heterocycles. The van der Waals surface area contributed by atoms with Gasteiger partial charge in [0.05, 0.1) is 19.5 Å². The molecule has 0 aliphatic carbocycles. The summed E-state index contributed by atoms with van der Waals surface area (Å²) in [5, 5.41) is 3.65. The molecule has 0 bridgehead atoms. The quantitative estimate of drug-likeness (QED) is 0.269. The van der Waals surface area contributed by atoms with E-state index in [-0.39, 0.29) is 11.7 Å². The molecule has 8 nitrogen and oxygen atoms in total. The maximum atomic E-state index is 11.9. The molecule has 1 aliphatic rings. The number of piperazine rings is 1. The highest BCUT2D eigenvalue weighted by Crippen LogP contribution is 2.25. The van der Waals surface area contributed by atoms with E-state index in [1.54, 1.807) is 20.3 Å². The molecule has 30 heavy (non-hydrogen) atoms. The van der Waals surface area contributed by atoms with Crippen LogP contribution in [0.15, 0.2) is 35.5 Å². The number of carbonyl (C=O) groups is 1. The summed E-state index contributed by atoms with van der Waals surface area (Å²) in [4.78, 5) is 25.2. The fraction of sp³-hybridized carbons (Fsp3) is 0.450. The number of amides is 1. The topological polar surface area (TPSA) is 79.8 Å². The zero-order valence-corrected chi connectivity index (χ0v) is 18.7. The third kappa shape index (κ3) is 6.38. The van der Waals surface area contributed by atoms with Gasteiger partial charge in [0.2, 0.25) is 5.91 Å². The number of hydrogen-bond donors (Lipinski definition) is 1. The van der Waals surface area contributed by atoms with E-state index in [1.165, 1.54) is 17.4 Å². The number of aromatic nitrogens is 2. The minimum Gasteiger partial charge on any atom is -0.497 e. The fourth-order valence-electron chi connectivity index (χ4n) is 3.07.